The number of benzene rings is 2. The van der Waals surface area contributed by atoms with Crippen molar-refractivity contribution in [2.75, 3.05) is 42.3 Å². The zero-order valence-corrected chi connectivity index (χ0v) is 22.8. The van der Waals surface area contributed by atoms with E-state index in [1.165, 1.54) is 12.1 Å². The van der Waals surface area contributed by atoms with Crippen LogP contribution in [0.3, 0.4) is 0 Å². The normalized spacial score (nSPS) is 15.2. The molecule has 4 aromatic rings. The van der Waals surface area contributed by atoms with Crippen molar-refractivity contribution in [3.8, 4) is 0 Å². The van der Waals surface area contributed by atoms with E-state index in [2.05, 4.69) is 25.6 Å². The summed E-state index contributed by atoms with van der Waals surface area (Å²) in [5.74, 6) is 0.468. The molecule has 2 aromatic carbocycles. The molecule has 1 aliphatic heterocycles. The molecule has 1 fully saturated rings. The molecule has 2 N–H and O–H groups in total. The van der Waals surface area contributed by atoms with Crippen LogP contribution in [0, 0.1) is 6.92 Å². The van der Waals surface area contributed by atoms with Gasteiger partial charge in [0.25, 0.3) is 5.91 Å². The van der Waals surface area contributed by atoms with Crippen LogP contribution in [0.2, 0.25) is 0 Å². The maximum Gasteiger partial charge on any atom is 0.416 e. The van der Waals surface area contributed by atoms with Crippen molar-refractivity contribution < 1.29 is 22.7 Å². The number of aromatic nitrogens is 3. The van der Waals surface area contributed by atoms with Crippen LogP contribution in [0.1, 0.15) is 39.4 Å². The lowest BCUT2D eigenvalue weighted by molar-refractivity contribution is -0.137. The number of amides is 1. The van der Waals surface area contributed by atoms with Crippen molar-refractivity contribution in [2.24, 2.45) is 0 Å². The average molecular weight is 565 g/mol. The van der Waals surface area contributed by atoms with Gasteiger partial charge in [-0.25, -0.2) is 4.98 Å². The predicted octanol–water partition coefficient (Wildman–Crippen LogP) is 6.24. The third-order valence-electron chi connectivity index (χ3n) is 7.16. The molecule has 0 bridgehead atoms. The number of hydrogen-bond acceptors (Lipinski definition) is 6. The largest absolute Gasteiger partial charge is 0.416 e. The van der Waals surface area contributed by atoms with Crippen molar-refractivity contribution in [2.45, 2.75) is 32.0 Å². The molecule has 0 radical (unpaired) electrons. The Bertz CT molecular complexity index is 1500. The van der Waals surface area contributed by atoms with Gasteiger partial charge in [-0.3, -0.25) is 9.48 Å². The quantitative estimate of drug-likeness (QED) is 0.250. The summed E-state index contributed by atoms with van der Waals surface area (Å²) in [5, 5.41) is 10.2. The standard InChI is InChI=1S/C30H31F3N6O2/c1-20-6-7-21(29(40)37-24-5-3-4-23(15-24)30(31,32)33)14-27(20)22-10-11-38(18-22)26-8-9-28(34-17-26)36-25-16-35-39(19-25)12-13-41-2/h3-9,14-17,19,22H,10-13,18H2,1-2H3,(H,34,36)(H,37,40)/t22-/m1/s1. The second-order valence-electron chi connectivity index (χ2n) is 10.0. The van der Waals surface area contributed by atoms with E-state index in [-0.39, 0.29) is 11.6 Å². The summed E-state index contributed by atoms with van der Waals surface area (Å²) in [5.41, 5.74) is 3.67. The minimum Gasteiger partial charge on any atom is -0.383 e. The minimum atomic E-state index is -4.48. The van der Waals surface area contributed by atoms with E-state index < -0.39 is 17.6 Å². The summed E-state index contributed by atoms with van der Waals surface area (Å²) in [6, 6.07) is 14.0. The fourth-order valence-corrected chi connectivity index (χ4v) is 4.98. The van der Waals surface area contributed by atoms with E-state index in [9.17, 15) is 18.0 Å². The number of methoxy groups -OCH3 is 1. The van der Waals surface area contributed by atoms with Crippen molar-refractivity contribution in [1.29, 1.82) is 0 Å². The molecule has 11 heteroatoms. The Morgan fingerprint density at radius 1 is 1.10 bits per heavy atom. The zero-order valence-electron chi connectivity index (χ0n) is 22.8. The number of aryl methyl sites for hydroxylation is 1. The summed E-state index contributed by atoms with van der Waals surface area (Å²) >= 11 is 0. The van der Waals surface area contributed by atoms with Crippen LogP contribution in [0.5, 0.6) is 0 Å². The number of nitrogens with one attached hydrogen (secondary N) is 2. The molecule has 1 saturated heterocycles. The lowest BCUT2D eigenvalue weighted by Gasteiger charge is -2.20. The van der Waals surface area contributed by atoms with Crippen molar-refractivity contribution >= 4 is 28.8 Å². The highest BCUT2D eigenvalue weighted by Crippen LogP contribution is 2.34. The Morgan fingerprint density at radius 3 is 2.71 bits per heavy atom. The monoisotopic (exact) mass is 564 g/mol. The van der Waals surface area contributed by atoms with Gasteiger partial charge in [0, 0.05) is 43.6 Å². The van der Waals surface area contributed by atoms with Crippen LogP contribution in [0.4, 0.5) is 36.1 Å². The molecule has 8 nitrogen and oxygen atoms in total. The van der Waals surface area contributed by atoms with E-state index >= 15 is 0 Å². The van der Waals surface area contributed by atoms with Crippen molar-refractivity contribution in [3.63, 3.8) is 0 Å². The molecule has 0 aliphatic carbocycles. The second kappa shape index (κ2) is 12.0. The molecule has 0 saturated carbocycles. The number of carbonyl (C=O) groups excluding carboxylic acids is 1. The fourth-order valence-electron chi connectivity index (χ4n) is 4.98. The first-order chi connectivity index (χ1) is 19.7. The third kappa shape index (κ3) is 6.86. The van der Waals surface area contributed by atoms with Gasteiger partial charge in [-0.05, 0) is 66.9 Å². The average Bonchev–Trinajstić information content (AvgIpc) is 3.62. The number of nitrogens with zero attached hydrogens (tertiary/aromatic N) is 4. The number of alkyl halides is 3. The molecule has 2 aromatic heterocycles. The van der Waals surface area contributed by atoms with Gasteiger partial charge in [-0.2, -0.15) is 18.3 Å². The van der Waals surface area contributed by atoms with Gasteiger partial charge < -0.3 is 20.3 Å². The van der Waals surface area contributed by atoms with Gasteiger partial charge in [0.15, 0.2) is 0 Å². The van der Waals surface area contributed by atoms with E-state index in [0.29, 0.717) is 24.5 Å². The van der Waals surface area contributed by atoms with E-state index in [1.54, 1.807) is 24.1 Å². The smallest absolute Gasteiger partial charge is 0.383 e. The number of halogens is 3. The summed E-state index contributed by atoms with van der Waals surface area (Å²) in [6.45, 7) is 4.86. The highest BCUT2D eigenvalue weighted by Gasteiger charge is 2.31. The van der Waals surface area contributed by atoms with Crippen LogP contribution in [-0.4, -0.2) is 47.5 Å². The van der Waals surface area contributed by atoms with Gasteiger partial charge in [0.1, 0.15) is 5.82 Å². The van der Waals surface area contributed by atoms with Gasteiger partial charge in [0.2, 0.25) is 0 Å². The highest BCUT2D eigenvalue weighted by molar-refractivity contribution is 6.04. The number of hydrogen-bond donors (Lipinski definition) is 2. The summed E-state index contributed by atoms with van der Waals surface area (Å²) in [7, 11) is 1.65. The molecule has 5 rings (SSSR count). The molecule has 0 spiro atoms. The van der Waals surface area contributed by atoms with Crippen LogP contribution >= 0.6 is 0 Å². The Morgan fingerprint density at radius 2 is 1.95 bits per heavy atom. The Labute approximate surface area is 236 Å². The van der Waals surface area contributed by atoms with Gasteiger partial charge >= 0.3 is 6.18 Å². The third-order valence-corrected chi connectivity index (χ3v) is 7.16. The number of ether oxygens (including phenoxy) is 1. The first-order valence-electron chi connectivity index (χ1n) is 13.3. The van der Waals surface area contributed by atoms with Crippen LogP contribution in [-0.2, 0) is 17.5 Å². The number of pyridine rings is 1. The Kier molecular flexibility index (Phi) is 8.25. The van der Waals surface area contributed by atoms with E-state index in [0.717, 1.165) is 54.1 Å². The van der Waals surface area contributed by atoms with Crippen LogP contribution in [0.15, 0.2) is 73.2 Å². The molecule has 0 unspecified atom stereocenters. The molecule has 1 atom stereocenters. The highest BCUT2D eigenvalue weighted by atomic mass is 19.4. The van der Waals surface area contributed by atoms with Crippen molar-refractivity contribution in [3.05, 3.63) is 95.4 Å². The molecular weight excluding hydrogens is 533 g/mol. The first kappa shape index (κ1) is 28.2. The molecular formula is C30H31F3N6O2. The molecule has 3 heterocycles. The summed E-state index contributed by atoms with van der Waals surface area (Å²) < 4.78 is 46.1. The van der Waals surface area contributed by atoms with Gasteiger partial charge in [-0.1, -0.05) is 12.1 Å². The lowest BCUT2D eigenvalue weighted by atomic mass is 9.92. The molecule has 1 aliphatic rings. The zero-order chi connectivity index (χ0) is 29.0. The van der Waals surface area contributed by atoms with E-state index in [1.807, 2.05) is 43.6 Å². The topological polar surface area (TPSA) is 84.3 Å². The molecule has 1 amide bonds. The maximum atomic E-state index is 13.1. The number of carbonyl (C=O) groups is 1. The SMILES string of the molecule is COCCn1cc(Nc2ccc(N3CC[C@@H](c4cc(C(=O)Nc5cccc(C(F)(F)F)c5)ccc4C)C3)cn2)cn1. The first-order valence-corrected chi connectivity index (χ1v) is 13.3. The Hall–Kier alpha value is -4.38. The minimum absolute atomic E-state index is 0.101. The summed E-state index contributed by atoms with van der Waals surface area (Å²) in [4.78, 5) is 19.8. The lowest BCUT2D eigenvalue weighted by Crippen LogP contribution is -2.20. The van der Waals surface area contributed by atoms with Crippen LogP contribution < -0.4 is 15.5 Å². The fraction of sp³-hybridized carbons (Fsp3) is 0.300. The number of rotatable bonds is 9. The number of anilines is 4. The maximum absolute atomic E-state index is 13.1. The van der Waals surface area contributed by atoms with E-state index in [4.69, 9.17) is 4.74 Å². The summed E-state index contributed by atoms with van der Waals surface area (Å²) in [6.07, 6.45) is 1.90. The van der Waals surface area contributed by atoms with Gasteiger partial charge in [0.05, 0.1) is 42.5 Å². The van der Waals surface area contributed by atoms with Gasteiger partial charge in [-0.15, -0.1) is 0 Å². The molecule has 41 heavy (non-hydrogen) atoms. The van der Waals surface area contributed by atoms with Crippen molar-refractivity contribution in [1.82, 2.24) is 14.8 Å². The second-order valence-corrected chi connectivity index (χ2v) is 10.0. The molecule has 214 valence electrons. The van der Waals surface area contributed by atoms with Crippen LogP contribution in [0.25, 0.3) is 0 Å². The Balaban J connectivity index is 1.22. The predicted molar refractivity (Wildman–Crippen MR) is 152 cm³/mol.